The fourth-order valence-electron chi connectivity index (χ4n) is 3.01. The normalized spacial score (nSPS) is 10.5. The fourth-order valence-corrected chi connectivity index (χ4v) is 3.83. The molecule has 3 rings (SSSR count). The Labute approximate surface area is 185 Å². The molecule has 1 heterocycles. The van der Waals surface area contributed by atoms with Crippen LogP contribution in [0.15, 0.2) is 42.5 Å². The third-order valence-corrected chi connectivity index (χ3v) is 5.40. The summed E-state index contributed by atoms with van der Waals surface area (Å²) in [6, 6.07) is 12.2. The molecule has 3 aromatic rings. The van der Waals surface area contributed by atoms with Gasteiger partial charge in [0.1, 0.15) is 16.4 Å². The van der Waals surface area contributed by atoms with Crippen LogP contribution in [0.3, 0.4) is 0 Å². The highest BCUT2D eigenvalue weighted by Crippen LogP contribution is 2.37. The monoisotopic (exact) mass is 439 g/mol. The Morgan fingerprint density at radius 3 is 1.94 bits per heavy atom. The van der Waals surface area contributed by atoms with E-state index in [1.54, 1.807) is 43.3 Å². The van der Waals surface area contributed by atoms with Crippen molar-refractivity contribution in [3.63, 3.8) is 0 Å². The van der Waals surface area contributed by atoms with Gasteiger partial charge in [-0.1, -0.05) is 18.2 Å². The van der Waals surface area contributed by atoms with Crippen LogP contribution in [-0.4, -0.2) is 30.0 Å². The topological polar surface area (TPSA) is 89.6 Å². The highest BCUT2D eigenvalue weighted by atomic mass is 32.1. The number of nitrogens with zero attached hydrogens (tertiary/aromatic N) is 1. The van der Waals surface area contributed by atoms with Crippen molar-refractivity contribution in [1.82, 2.24) is 4.98 Å². The Morgan fingerprint density at radius 2 is 1.45 bits per heavy atom. The van der Waals surface area contributed by atoms with Crippen molar-refractivity contribution in [3.05, 3.63) is 63.6 Å². The van der Waals surface area contributed by atoms with Crippen molar-refractivity contribution in [2.75, 3.05) is 23.8 Å². The van der Waals surface area contributed by atoms with Gasteiger partial charge >= 0.3 is 0 Å². The van der Waals surface area contributed by atoms with Crippen molar-refractivity contribution in [1.29, 1.82) is 0 Å². The van der Waals surface area contributed by atoms with Crippen LogP contribution < -0.4 is 20.1 Å². The Hall–Kier alpha value is -3.39. The molecule has 0 aliphatic rings. The molecule has 31 heavy (non-hydrogen) atoms. The van der Waals surface area contributed by atoms with E-state index in [1.165, 1.54) is 11.3 Å². The lowest BCUT2D eigenvalue weighted by molar-refractivity contribution is 0.101. The molecule has 0 saturated carbocycles. The minimum atomic E-state index is -0.271. The van der Waals surface area contributed by atoms with Gasteiger partial charge in [0.15, 0.2) is 0 Å². The second kappa shape index (κ2) is 10.1. The van der Waals surface area contributed by atoms with Gasteiger partial charge in [-0.3, -0.25) is 9.59 Å². The summed E-state index contributed by atoms with van der Waals surface area (Å²) in [5, 5.41) is 6.58. The van der Waals surface area contributed by atoms with E-state index in [2.05, 4.69) is 15.6 Å². The SMILES string of the molecule is CCOc1cc(NC(=O)c2sc(C)nc2C)c(OCC)cc1NC(=O)c1ccccc1. The lowest BCUT2D eigenvalue weighted by Crippen LogP contribution is -2.15. The summed E-state index contributed by atoms with van der Waals surface area (Å²) >= 11 is 1.33. The molecule has 0 saturated heterocycles. The van der Waals surface area contributed by atoms with Crippen molar-refractivity contribution in [3.8, 4) is 11.5 Å². The maximum Gasteiger partial charge on any atom is 0.267 e. The summed E-state index contributed by atoms with van der Waals surface area (Å²) in [6.45, 7) is 8.14. The Balaban J connectivity index is 1.94. The molecule has 2 aromatic carbocycles. The molecule has 0 aliphatic heterocycles. The van der Waals surface area contributed by atoms with Crippen LogP contribution in [0.5, 0.6) is 11.5 Å². The zero-order valence-electron chi connectivity index (χ0n) is 17.9. The first kappa shape index (κ1) is 22.3. The van der Waals surface area contributed by atoms with Crippen molar-refractivity contribution >= 4 is 34.5 Å². The first-order valence-electron chi connectivity index (χ1n) is 9.98. The molecule has 0 radical (unpaired) electrons. The van der Waals surface area contributed by atoms with Crippen LogP contribution in [0.1, 0.15) is 44.6 Å². The Morgan fingerprint density at radius 1 is 0.903 bits per heavy atom. The predicted molar refractivity (Wildman–Crippen MR) is 123 cm³/mol. The Kier molecular flexibility index (Phi) is 7.25. The first-order chi connectivity index (χ1) is 14.9. The maximum atomic E-state index is 12.8. The zero-order valence-corrected chi connectivity index (χ0v) is 18.8. The number of nitrogens with one attached hydrogen (secondary N) is 2. The molecule has 2 N–H and O–H groups in total. The van der Waals surface area contributed by atoms with Crippen LogP contribution in [0.25, 0.3) is 0 Å². The molecule has 0 fully saturated rings. The number of hydrogen-bond acceptors (Lipinski definition) is 6. The molecular formula is C23H25N3O4S. The van der Waals surface area contributed by atoms with Crippen LogP contribution in [0.2, 0.25) is 0 Å². The van der Waals surface area contributed by atoms with E-state index in [4.69, 9.17) is 9.47 Å². The van der Waals surface area contributed by atoms with Gasteiger partial charge in [-0.2, -0.15) is 0 Å². The Bertz CT molecular complexity index is 1080. The van der Waals surface area contributed by atoms with Gasteiger partial charge in [-0.05, 0) is 39.8 Å². The number of aryl methyl sites for hydroxylation is 2. The van der Waals surface area contributed by atoms with E-state index < -0.39 is 0 Å². The van der Waals surface area contributed by atoms with Gasteiger partial charge in [-0.15, -0.1) is 11.3 Å². The van der Waals surface area contributed by atoms with E-state index in [9.17, 15) is 9.59 Å². The van der Waals surface area contributed by atoms with Crippen LogP contribution in [0.4, 0.5) is 11.4 Å². The molecule has 0 unspecified atom stereocenters. The number of carbonyl (C=O) groups is 2. The summed E-state index contributed by atoms with van der Waals surface area (Å²) < 4.78 is 11.5. The van der Waals surface area contributed by atoms with E-state index in [-0.39, 0.29) is 11.8 Å². The maximum absolute atomic E-state index is 12.8. The van der Waals surface area contributed by atoms with Crippen molar-refractivity contribution in [2.45, 2.75) is 27.7 Å². The number of ether oxygens (including phenoxy) is 2. The van der Waals surface area contributed by atoms with Gasteiger partial charge < -0.3 is 20.1 Å². The summed E-state index contributed by atoms with van der Waals surface area (Å²) in [5.41, 5.74) is 2.12. The largest absolute Gasteiger partial charge is 0.492 e. The quantitative estimate of drug-likeness (QED) is 0.512. The number of aromatic nitrogens is 1. The summed E-state index contributed by atoms with van der Waals surface area (Å²) in [6.07, 6.45) is 0. The molecule has 0 aliphatic carbocycles. The van der Waals surface area contributed by atoms with E-state index in [1.807, 2.05) is 26.8 Å². The standard InChI is InChI=1S/C23H25N3O4S/c1-5-29-19-13-18(26-23(28)21-14(3)24-15(4)31-21)20(30-6-2)12-17(19)25-22(27)16-10-8-7-9-11-16/h7-13H,5-6H2,1-4H3,(H,25,27)(H,26,28). The predicted octanol–water partition coefficient (Wildman–Crippen LogP) is 5.06. The fraction of sp³-hybridized carbons (Fsp3) is 0.261. The second-order valence-corrected chi connectivity index (χ2v) is 7.84. The van der Waals surface area contributed by atoms with Gasteiger partial charge in [0.25, 0.3) is 11.8 Å². The molecule has 0 bridgehead atoms. The minimum Gasteiger partial charge on any atom is -0.492 e. The average Bonchev–Trinajstić information content (AvgIpc) is 3.10. The number of benzene rings is 2. The van der Waals surface area contributed by atoms with Crippen molar-refractivity contribution < 1.29 is 19.1 Å². The number of rotatable bonds is 8. The summed E-state index contributed by atoms with van der Waals surface area (Å²) in [7, 11) is 0. The van der Waals surface area contributed by atoms with E-state index in [0.717, 1.165) is 5.01 Å². The van der Waals surface area contributed by atoms with E-state index >= 15 is 0 Å². The lowest BCUT2D eigenvalue weighted by Gasteiger charge is -2.17. The highest BCUT2D eigenvalue weighted by molar-refractivity contribution is 7.13. The van der Waals surface area contributed by atoms with E-state index in [0.29, 0.717) is 52.2 Å². The number of amides is 2. The summed E-state index contributed by atoms with van der Waals surface area (Å²) in [4.78, 5) is 30.3. The lowest BCUT2D eigenvalue weighted by atomic mass is 10.2. The molecule has 7 nitrogen and oxygen atoms in total. The zero-order chi connectivity index (χ0) is 22.4. The number of anilines is 2. The third-order valence-electron chi connectivity index (χ3n) is 4.32. The van der Waals surface area contributed by atoms with Gasteiger partial charge in [0.05, 0.1) is 35.3 Å². The van der Waals surface area contributed by atoms with Crippen LogP contribution in [-0.2, 0) is 0 Å². The molecule has 8 heteroatoms. The number of hydrogen-bond donors (Lipinski definition) is 2. The molecule has 2 amide bonds. The first-order valence-corrected chi connectivity index (χ1v) is 10.8. The number of thiazole rings is 1. The van der Waals surface area contributed by atoms with Gasteiger partial charge in [-0.25, -0.2) is 4.98 Å². The molecular weight excluding hydrogens is 414 g/mol. The summed E-state index contributed by atoms with van der Waals surface area (Å²) in [5.74, 6) is 0.327. The minimum absolute atomic E-state index is 0.267. The third kappa shape index (κ3) is 5.40. The number of carbonyl (C=O) groups excluding carboxylic acids is 2. The highest BCUT2D eigenvalue weighted by Gasteiger charge is 2.19. The van der Waals surface area contributed by atoms with Crippen LogP contribution in [0, 0.1) is 13.8 Å². The smallest absolute Gasteiger partial charge is 0.267 e. The molecule has 0 spiro atoms. The average molecular weight is 440 g/mol. The van der Waals surface area contributed by atoms with Crippen LogP contribution >= 0.6 is 11.3 Å². The van der Waals surface area contributed by atoms with Gasteiger partial charge in [0.2, 0.25) is 0 Å². The second-order valence-electron chi connectivity index (χ2n) is 6.63. The molecule has 162 valence electrons. The van der Waals surface area contributed by atoms with Gasteiger partial charge in [0, 0.05) is 17.7 Å². The molecule has 0 atom stereocenters. The molecule has 1 aromatic heterocycles. The van der Waals surface area contributed by atoms with Crippen molar-refractivity contribution in [2.24, 2.45) is 0 Å².